The number of carbonyl (C=O) groups excluding carboxylic acids is 1. The van der Waals surface area contributed by atoms with Crippen LogP contribution in [0.15, 0.2) is 54.7 Å². The Hall–Kier alpha value is -3.81. The van der Waals surface area contributed by atoms with Crippen molar-refractivity contribution in [2.45, 2.75) is 13.5 Å². The minimum absolute atomic E-state index is 0.0827. The second-order valence-corrected chi connectivity index (χ2v) is 6.57. The van der Waals surface area contributed by atoms with Gasteiger partial charge in [-0.05, 0) is 48.2 Å². The van der Waals surface area contributed by atoms with Gasteiger partial charge in [-0.25, -0.2) is 13.9 Å². The minimum atomic E-state index is -0.575. The predicted molar refractivity (Wildman–Crippen MR) is 109 cm³/mol. The Morgan fingerprint density at radius 3 is 2.63 bits per heavy atom. The maximum absolute atomic E-state index is 13.5. The van der Waals surface area contributed by atoms with Crippen LogP contribution < -0.4 is 4.74 Å². The van der Waals surface area contributed by atoms with E-state index in [-0.39, 0.29) is 18.1 Å². The van der Waals surface area contributed by atoms with Gasteiger partial charge in [0.05, 0.1) is 26.0 Å². The summed E-state index contributed by atoms with van der Waals surface area (Å²) in [5.74, 6) is -0.168. The van der Waals surface area contributed by atoms with E-state index in [1.807, 2.05) is 24.3 Å². The van der Waals surface area contributed by atoms with Gasteiger partial charge >= 0.3 is 5.97 Å². The molecule has 0 atom stereocenters. The number of hydrogen-bond acceptors (Lipinski definition) is 6. The summed E-state index contributed by atoms with van der Waals surface area (Å²) in [4.78, 5) is 16.9. The Morgan fingerprint density at radius 2 is 1.90 bits per heavy atom. The number of nitrogens with zero attached hydrogens (tertiary/aromatic N) is 4. The summed E-state index contributed by atoms with van der Waals surface area (Å²) in [6.45, 7) is 2.31. The number of benzene rings is 2. The molecule has 2 heterocycles. The first kappa shape index (κ1) is 19.5. The topological polar surface area (TPSA) is 79.1 Å². The normalized spacial score (nSPS) is 10.9. The van der Waals surface area contributed by atoms with Crippen LogP contribution in [-0.2, 0) is 11.3 Å². The van der Waals surface area contributed by atoms with E-state index in [2.05, 4.69) is 15.3 Å². The summed E-state index contributed by atoms with van der Waals surface area (Å²) in [5.41, 5.74) is 1.96. The third-order valence-corrected chi connectivity index (χ3v) is 4.62. The Bertz CT molecular complexity index is 1200. The van der Waals surface area contributed by atoms with Gasteiger partial charge in [0.2, 0.25) is 0 Å². The van der Waals surface area contributed by atoms with E-state index in [1.165, 1.54) is 12.1 Å². The molecule has 0 aliphatic rings. The highest BCUT2D eigenvalue weighted by Gasteiger charge is 2.23. The zero-order valence-electron chi connectivity index (χ0n) is 16.5. The molecule has 0 N–H and O–H groups in total. The molecule has 7 nitrogen and oxygen atoms in total. The molecular formula is C22H19FN4O3. The van der Waals surface area contributed by atoms with E-state index in [0.29, 0.717) is 23.3 Å². The Kier molecular flexibility index (Phi) is 5.38. The number of fused-ring (bicyclic) bond motifs is 1. The average Bonchev–Trinajstić information content (AvgIpc) is 3.17. The summed E-state index contributed by atoms with van der Waals surface area (Å²) >= 11 is 0. The molecule has 8 heteroatoms. The second-order valence-electron chi connectivity index (χ2n) is 6.57. The number of carbonyl (C=O) groups is 1. The van der Waals surface area contributed by atoms with Crippen molar-refractivity contribution in [3.63, 3.8) is 0 Å². The van der Waals surface area contributed by atoms with Crippen molar-refractivity contribution < 1.29 is 18.7 Å². The third kappa shape index (κ3) is 3.84. The molecule has 4 aromatic rings. The van der Waals surface area contributed by atoms with Crippen molar-refractivity contribution in [1.29, 1.82) is 0 Å². The van der Waals surface area contributed by atoms with Crippen LogP contribution in [-0.4, -0.2) is 39.7 Å². The van der Waals surface area contributed by atoms with Crippen LogP contribution >= 0.6 is 0 Å². The van der Waals surface area contributed by atoms with Crippen LogP contribution in [0.2, 0.25) is 0 Å². The van der Waals surface area contributed by atoms with E-state index in [4.69, 9.17) is 9.47 Å². The maximum Gasteiger partial charge on any atom is 0.361 e. The van der Waals surface area contributed by atoms with Crippen molar-refractivity contribution in [3.8, 4) is 17.1 Å². The first-order valence-corrected chi connectivity index (χ1v) is 9.38. The molecule has 4 rings (SSSR count). The summed E-state index contributed by atoms with van der Waals surface area (Å²) in [6.07, 6.45) is 1.56. The first-order valence-electron chi connectivity index (χ1n) is 9.38. The maximum atomic E-state index is 13.5. The van der Waals surface area contributed by atoms with Gasteiger partial charge in [0.25, 0.3) is 0 Å². The molecule has 0 unspecified atom stereocenters. The third-order valence-electron chi connectivity index (χ3n) is 4.62. The second kappa shape index (κ2) is 8.28. The molecule has 152 valence electrons. The number of methoxy groups -OCH3 is 1. The number of hydrogen-bond donors (Lipinski definition) is 0. The molecular weight excluding hydrogens is 387 g/mol. The van der Waals surface area contributed by atoms with Gasteiger partial charge < -0.3 is 9.47 Å². The van der Waals surface area contributed by atoms with Crippen molar-refractivity contribution >= 4 is 16.7 Å². The van der Waals surface area contributed by atoms with Crippen molar-refractivity contribution in [3.05, 3.63) is 71.8 Å². The molecule has 2 aromatic heterocycles. The highest BCUT2D eigenvalue weighted by Crippen LogP contribution is 2.26. The molecule has 0 aliphatic heterocycles. The van der Waals surface area contributed by atoms with Crippen LogP contribution in [0.1, 0.15) is 23.0 Å². The van der Waals surface area contributed by atoms with Crippen LogP contribution in [0.25, 0.3) is 22.2 Å². The van der Waals surface area contributed by atoms with Gasteiger partial charge in [-0.3, -0.25) is 4.98 Å². The number of ether oxygens (including phenoxy) is 2. The lowest BCUT2D eigenvalue weighted by molar-refractivity contribution is 0.0520. The Morgan fingerprint density at radius 1 is 1.10 bits per heavy atom. The summed E-state index contributed by atoms with van der Waals surface area (Å²) in [5, 5.41) is 9.65. The SMILES string of the molecule is CCOC(=O)c1nnn(Cc2ccc(OC)cc2)c1-c1cc2ccc(F)cc2cn1. The lowest BCUT2D eigenvalue weighted by Crippen LogP contribution is -2.09. The van der Waals surface area contributed by atoms with Crippen molar-refractivity contribution in [2.24, 2.45) is 0 Å². The van der Waals surface area contributed by atoms with E-state index >= 15 is 0 Å². The zero-order valence-corrected chi connectivity index (χ0v) is 16.5. The van der Waals surface area contributed by atoms with Gasteiger partial charge in [0.1, 0.15) is 17.3 Å². The summed E-state index contributed by atoms with van der Waals surface area (Å²) in [6, 6.07) is 13.7. The fourth-order valence-electron chi connectivity index (χ4n) is 3.16. The predicted octanol–water partition coefficient (Wildman–Crippen LogP) is 3.87. The lowest BCUT2D eigenvalue weighted by Gasteiger charge is -2.09. The smallest absolute Gasteiger partial charge is 0.361 e. The van der Waals surface area contributed by atoms with Crippen LogP contribution in [0.3, 0.4) is 0 Å². The molecule has 0 spiro atoms. The fourth-order valence-corrected chi connectivity index (χ4v) is 3.16. The minimum Gasteiger partial charge on any atom is -0.497 e. The first-order chi connectivity index (χ1) is 14.6. The molecule has 2 aromatic carbocycles. The highest BCUT2D eigenvalue weighted by atomic mass is 19.1. The fraction of sp³-hybridized carbons (Fsp3) is 0.182. The summed E-state index contributed by atoms with van der Waals surface area (Å²) < 4.78 is 25.4. The number of esters is 1. The number of rotatable bonds is 6. The van der Waals surface area contributed by atoms with Crippen LogP contribution in [0.4, 0.5) is 4.39 Å². The molecule has 0 saturated heterocycles. The van der Waals surface area contributed by atoms with Gasteiger partial charge in [0, 0.05) is 11.6 Å². The van der Waals surface area contributed by atoms with Crippen LogP contribution in [0.5, 0.6) is 5.75 Å². The van der Waals surface area contributed by atoms with E-state index in [9.17, 15) is 9.18 Å². The van der Waals surface area contributed by atoms with Gasteiger partial charge in [-0.15, -0.1) is 5.10 Å². The van der Waals surface area contributed by atoms with E-state index in [1.54, 1.807) is 37.0 Å². The lowest BCUT2D eigenvalue weighted by atomic mass is 10.1. The van der Waals surface area contributed by atoms with Gasteiger partial charge in [0.15, 0.2) is 5.69 Å². The molecule has 0 bridgehead atoms. The standard InChI is InChI=1S/C22H19FN4O3/c1-3-30-22(28)20-21(19-11-15-6-7-17(23)10-16(15)12-24-19)27(26-25-20)13-14-4-8-18(29-2)9-5-14/h4-12H,3,13H2,1-2H3. The molecule has 0 aliphatic carbocycles. The Balaban J connectivity index is 1.79. The monoisotopic (exact) mass is 406 g/mol. The van der Waals surface area contributed by atoms with E-state index < -0.39 is 5.97 Å². The van der Waals surface area contributed by atoms with Crippen LogP contribution in [0, 0.1) is 5.82 Å². The number of aromatic nitrogens is 4. The molecule has 0 fully saturated rings. The molecule has 0 amide bonds. The number of halogens is 1. The average molecular weight is 406 g/mol. The number of pyridine rings is 1. The quantitative estimate of drug-likeness (QED) is 0.453. The molecule has 0 radical (unpaired) electrons. The zero-order chi connectivity index (χ0) is 21.1. The molecule has 30 heavy (non-hydrogen) atoms. The molecule has 0 saturated carbocycles. The summed E-state index contributed by atoms with van der Waals surface area (Å²) in [7, 11) is 1.60. The Labute approximate surface area is 172 Å². The largest absolute Gasteiger partial charge is 0.497 e. The highest BCUT2D eigenvalue weighted by molar-refractivity contribution is 5.95. The van der Waals surface area contributed by atoms with Gasteiger partial charge in [-0.2, -0.15) is 0 Å². The van der Waals surface area contributed by atoms with Gasteiger partial charge in [-0.1, -0.05) is 23.4 Å². The van der Waals surface area contributed by atoms with E-state index in [0.717, 1.165) is 16.7 Å². The van der Waals surface area contributed by atoms with Crippen molar-refractivity contribution in [2.75, 3.05) is 13.7 Å². The van der Waals surface area contributed by atoms with Crippen molar-refractivity contribution in [1.82, 2.24) is 20.0 Å².